The van der Waals surface area contributed by atoms with Crippen LogP contribution in [-0.4, -0.2) is 28.5 Å². The van der Waals surface area contributed by atoms with Gasteiger partial charge in [0.1, 0.15) is 12.2 Å². The number of nitrogens with one attached hydrogen (secondary N) is 1. The number of thiazole rings is 1. The van der Waals surface area contributed by atoms with Crippen LogP contribution in [0.1, 0.15) is 56.5 Å². The number of amides is 1. The number of rotatable bonds is 7. The number of fused-ring (bicyclic) bond motifs is 1. The summed E-state index contributed by atoms with van der Waals surface area (Å²) in [5, 5.41) is 12.9. The Bertz CT molecular complexity index is 755. The zero-order valence-corrected chi connectivity index (χ0v) is 15.1. The van der Waals surface area contributed by atoms with Crippen molar-refractivity contribution in [1.29, 1.82) is 0 Å². The Labute approximate surface area is 150 Å². The number of aryl methyl sites for hydroxylation is 4. The number of carboxylic acids is 1. The van der Waals surface area contributed by atoms with Crippen LogP contribution in [0, 0.1) is 6.92 Å². The molecule has 2 heterocycles. The maximum Gasteiger partial charge on any atom is 0.311 e. The van der Waals surface area contributed by atoms with Gasteiger partial charge in [-0.05, 0) is 39.0 Å². The summed E-state index contributed by atoms with van der Waals surface area (Å²) in [6.07, 6.45) is 7.52. The number of hydrogen-bond donors (Lipinski definition) is 2. The van der Waals surface area contributed by atoms with Gasteiger partial charge in [-0.25, -0.2) is 4.98 Å². The quantitative estimate of drug-likeness (QED) is 0.739. The number of aliphatic carboxylic acids is 1. The average molecular weight is 362 g/mol. The van der Waals surface area contributed by atoms with Crippen LogP contribution in [0.25, 0.3) is 0 Å². The van der Waals surface area contributed by atoms with Gasteiger partial charge >= 0.3 is 5.97 Å². The van der Waals surface area contributed by atoms with E-state index in [4.69, 9.17) is 14.5 Å². The van der Waals surface area contributed by atoms with E-state index in [0.717, 1.165) is 30.7 Å². The Morgan fingerprint density at radius 1 is 1.36 bits per heavy atom. The normalized spacial score (nSPS) is 13.5. The van der Waals surface area contributed by atoms with E-state index < -0.39 is 5.97 Å². The van der Waals surface area contributed by atoms with E-state index in [1.54, 1.807) is 18.3 Å². The molecule has 0 radical (unpaired) electrons. The predicted octanol–water partition coefficient (Wildman–Crippen LogP) is 2.91. The second-order valence-corrected chi connectivity index (χ2v) is 7.50. The lowest BCUT2D eigenvalue weighted by Gasteiger charge is -2.06. The molecular weight excluding hydrogens is 340 g/mol. The van der Waals surface area contributed by atoms with E-state index in [-0.39, 0.29) is 18.1 Å². The summed E-state index contributed by atoms with van der Waals surface area (Å²) in [4.78, 5) is 29.3. The maximum absolute atomic E-state index is 12.3. The molecule has 0 atom stereocenters. The highest BCUT2D eigenvalue weighted by atomic mass is 32.1. The third kappa shape index (κ3) is 4.28. The van der Waals surface area contributed by atoms with Gasteiger partial charge in [-0.3, -0.25) is 9.59 Å². The van der Waals surface area contributed by atoms with Crippen LogP contribution in [0.4, 0.5) is 0 Å². The molecule has 2 aromatic heterocycles. The number of hydrogen-bond acceptors (Lipinski definition) is 5. The van der Waals surface area contributed by atoms with Gasteiger partial charge < -0.3 is 14.8 Å². The summed E-state index contributed by atoms with van der Waals surface area (Å²) in [6.45, 7) is 2.27. The average Bonchev–Trinajstić information content (AvgIpc) is 3.14. The smallest absolute Gasteiger partial charge is 0.311 e. The van der Waals surface area contributed by atoms with Crippen molar-refractivity contribution in [1.82, 2.24) is 10.3 Å². The number of nitrogens with zero attached hydrogens (tertiary/aromatic N) is 1. The van der Waals surface area contributed by atoms with Gasteiger partial charge in [-0.15, -0.1) is 11.3 Å². The molecule has 3 rings (SSSR count). The summed E-state index contributed by atoms with van der Waals surface area (Å²) in [5.74, 6) is -1.09. The Hall–Kier alpha value is -2.15. The molecule has 0 bridgehead atoms. The van der Waals surface area contributed by atoms with E-state index in [2.05, 4.69) is 5.32 Å². The number of aromatic nitrogens is 1. The molecule has 1 aliphatic rings. The largest absolute Gasteiger partial charge is 0.481 e. The molecule has 1 aliphatic carbocycles. The van der Waals surface area contributed by atoms with E-state index >= 15 is 0 Å². The molecule has 0 saturated carbocycles. The first kappa shape index (κ1) is 17.7. The zero-order valence-electron chi connectivity index (χ0n) is 14.3. The minimum atomic E-state index is -1.02. The number of carboxylic acid groups (broad SMARTS) is 1. The molecule has 2 N–H and O–H groups in total. The van der Waals surface area contributed by atoms with Gasteiger partial charge in [-0.1, -0.05) is 0 Å². The SMILES string of the molecule is Cc1coc(CC(=O)O)c1C(=O)NCCCc1nc2c(s1)CCCC2. The molecule has 134 valence electrons. The fourth-order valence-corrected chi connectivity index (χ4v) is 4.31. The van der Waals surface area contributed by atoms with Crippen molar-refractivity contribution >= 4 is 23.2 Å². The molecule has 0 spiro atoms. The number of furan rings is 1. The van der Waals surface area contributed by atoms with Crippen molar-refractivity contribution < 1.29 is 19.1 Å². The van der Waals surface area contributed by atoms with Crippen molar-refractivity contribution in [2.45, 2.75) is 51.9 Å². The third-order valence-corrected chi connectivity index (χ3v) is 5.55. The monoisotopic (exact) mass is 362 g/mol. The van der Waals surface area contributed by atoms with Gasteiger partial charge in [0, 0.05) is 23.4 Å². The van der Waals surface area contributed by atoms with Gasteiger partial charge in [0.25, 0.3) is 5.91 Å². The van der Waals surface area contributed by atoms with Crippen molar-refractivity contribution in [3.8, 4) is 0 Å². The van der Waals surface area contributed by atoms with Gasteiger partial charge in [0.15, 0.2) is 0 Å². The van der Waals surface area contributed by atoms with Gasteiger partial charge in [0.05, 0.1) is 22.5 Å². The Morgan fingerprint density at radius 2 is 2.16 bits per heavy atom. The lowest BCUT2D eigenvalue weighted by atomic mass is 10.0. The molecule has 25 heavy (non-hydrogen) atoms. The standard InChI is InChI=1S/C18H22N2O4S/c1-11-10-24-13(9-16(21)22)17(11)18(23)19-8-4-7-15-20-12-5-2-3-6-14(12)25-15/h10H,2-9H2,1H3,(H,19,23)(H,21,22). The summed E-state index contributed by atoms with van der Waals surface area (Å²) >= 11 is 1.80. The molecule has 0 saturated heterocycles. The Balaban J connectivity index is 1.50. The highest BCUT2D eigenvalue weighted by Gasteiger charge is 2.20. The highest BCUT2D eigenvalue weighted by Crippen LogP contribution is 2.27. The van der Waals surface area contributed by atoms with Crippen molar-refractivity contribution in [2.75, 3.05) is 6.54 Å². The molecule has 1 amide bonds. The van der Waals surface area contributed by atoms with Crippen molar-refractivity contribution in [3.63, 3.8) is 0 Å². The molecule has 0 unspecified atom stereocenters. The first-order chi connectivity index (χ1) is 12.0. The maximum atomic E-state index is 12.3. The first-order valence-electron chi connectivity index (χ1n) is 8.59. The molecule has 0 aromatic carbocycles. The number of carbonyl (C=O) groups is 2. The molecular formula is C18H22N2O4S. The van der Waals surface area contributed by atoms with Crippen LogP contribution in [0.15, 0.2) is 10.7 Å². The summed E-state index contributed by atoms with van der Waals surface area (Å²) in [6, 6.07) is 0. The second-order valence-electron chi connectivity index (χ2n) is 6.33. The van der Waals surface area contributed by atoms with E-state index in [1.165, 1.54) is 29.7 Å². The lowest BCUT2D eigenvalue weighted by Crippen LogP contribution is -2.26. The summed E-state index contributed by atoms with van der Waals surface area (Å²) in [5.41, 5.74) is 2.26. The van der Waals surface area contributed by atoms with Crippen LogP contribution in [0.2, 0.25) is 0 Å². The van der Waals surface area contributed by atoms with Crippen LogP contribution in [0.3, 0.4) is 0 Å². The molecule has 6 nitrogen and oxygen atoms in total. The molecule has 2 aromatic rings. The van der Waals surface area contributed by atoms with Crippen molar-refractivity contribution in [2.24, 2.45) is 0 Å². The van der Waals surface area contributed by atoms with E-state index in [1.807, 2.05) is 0 Å². The number of carbonyl (C=O) groups excluding carboxylic acids is 1. The molecule has 0 aliphatic heterocycles. The summed E-state index contributed by atoms with van der Waals surface area (Å²) in [7, 11) is 0. The Kier molecular flexibility index (Phi) is 5.53. The van der Waals surface area contributed by atoms with Crippen LogP contribution in [-0.2, 0) is 30.5 Å². The molecule has 7 heteroatoms. The lowest BCUT2D eigenvalue weighted by molar-refractivity contribution is -0.136. The van der Waals surface area contributed by atoms with Crippen LogP contribution < -0.4 is 5.32 Å². The Morgan fingerprint density at radius 3 is 2.92 bits per heavy atom. The van der Waals surface area contributed by atoms with E-state index in [0.29, 0.717) is 17.7 Å². The minimum absolute atomic E-state index is 0.204. The minimum Gasteiger partial charge on any atom is -0.481 e. The van der Waals surface area contributed by atoms with Crippen LogP contribution in [0.5, 0.6) is 0 Å². The second kappa shape index (κ2) is 7.82. The zero-order chi connectivity index (χ0) is 17.8. The van der Waals surface area contributed by atoms with E-state index in [9.17, 15) is 9.59 Å². The van der Waals surface area contributed by atoms with Crippen LogP contribution >= 0.6 is 11.3 Å². The fourth-order valence-electron chi connectivity index (χ4n) is 3.11. The predicted molar refractivity (Wildman–Crippen MR) is 94.2 cm³/mol. The highest BCUT2D eigenvalue weighted by molar-refractivity contribution is 7.11. The first-order valence-corrected chi connectivity index (χ1v) is 9.40. The third-order valence-electron chi connectivity index (χ3n) is 4.33. The fraction of sp³-hybridized carbons (Fsp3) is 0.500. The topological polar surface area (TPSA) is 92.4 Å². The van der Waals surface area contributed by atoms with Gasteiger partial charge in [0.2, 0.25) is 0 Å². The van der Waals surface area contributed by atoms with Gasteiger partial charge in [-0.2, -0.15) is 0 Å². The molecule has 0 fully saturated rings. The van der Waals surface area contributed by atoms with Crippen molar-refractivity contribution in [3.05, 3.63) is 38.7 Å². The summed E-state index contributed by atoms with van der Waals surface area (Å²) < 4.78 is 5.20.